The zero-order valence-electron chi connectivity index (χ0n) is 21.1. The molecule has 1 aliphatic rings. The quantitative estimate of drug-likeness (QED) is 0.343. The first-order chi connectivity index (χ1) is 18.0. The minimum Gasteiger partial charge on any atom is -0.435 e. The molecule has 0 aliphatic carbocycles. The molecule has 1 aliphatic heterocycles. The van der Waals surface area contributed by atoms with Crippen molar-refractivity contribution in [1.29, 1.82) is 0 Å². The Balaban J connectivity index is 1.40. The number of fused-ring (bicyclic) bond motifs is 1. The van der Waals surface area contributed by atoms with Crippen LogP contribution in [0.4, 0.5) is 21.6 Å². The first-order valence-electron chi connectivity index (χ1n) is 12.3. The van der Waals surface area contributed by atoms with E-state index in [0.29, 0.717) is 10.9 Å². The number of aromatic nitrogens is 3. The van der Waals surface area contributed by atoms with E-state index in [-0.39, 0.29) is 23.0 Å². The second-order valence-electron chi connectivity index (χ2n) is 8.97. The van der Waals surface area contributed by atoms with Crippen LogP contribution in [-0.4, -0.2) is 65.5 Å². The summed E-state index contributed by atoms with van der Waals surface area (Å²) in [5.41, 5.74) is 3.47. The molecule has 1 amide bonds. The van der Waals surface area contributed by atoms with Crippen molar-refractivity contribution in [2.45, 2.75) is 13.8 Å². The van der Waals surface area contributed by atoms with Crippen LogP contribution in [0, 0.1) is 12.7 Å². The van der Waals surface area contributed by atoms with E-state index in [0.717, 1.165) is 49.8 Å². The van der Waals surface area contributed by atoms with Gasteiger partial charge in [0.15, 0.2) is 17.4 Å². The lowest BCUT2D eigenvalue weighted by atomic mass is 10.2. The second kappa shape index (κ2) is 10.4. The Labute approximate surface area is 214 Å². The van der Waals surface area contributed by atoms with Gasteiger partial charge in [-0.15, -0.1) is 0 Å². The number of hydrogen-bond donors (Lipinski definition) is 3. The molecule has 4 aromatic rings. The summed E-state index contributed by atoms with van der Waals surface area (Å²) in [6, 6.07) is 12.9. The normalized spacial score (nSPS) is 14.1. The van der Waals surface area contributed by atoms with Gasteiger partial charge in [0.05, 0.1) is 0 Å². The van der Waals surface area contributed by atoms with E-state index in [2.05, 4.69) is 42.3 Å². The number of ether oxygens (including phenoxy) is 1. The summed E-state index contributed by atoms with van der Waals surface area (Å²) >= 11 is 0. The van der Waals surface area contributed by atoms with Crippen molar-refractivity contribution in [3.8, 4) is 11.6 Å². The van der Waals surface area contributed by atoms with Gasteiger partial charge in [-0.2, -0.15) is 0 Å². The third-order valence-electron chi connectivity index (χ3n) is 6.62. The summed E-state index contributed by atoms with van der Waals surface area (Å²) in [4.78, 5) is 29.1. The largest absolute Gasteiger partial charge is 0.435 e. The zero-order chi connectivity index (χ0) is 25.9. The SMILES string of the molecule is CCN1CCN(c2ccc(Nc3ncnc(Oc4ccc5[nH]c(C)cc5c4F)c3C(=O)NC)cc2)CC1. The van der Waals surface area contributed by atoms with E-state index in [4.69, 9.17) is 4.74 Å². The molecule has 2 aromatic carbocycles. The van der Waals surface area contributed by atoms with Crippen LogP contribution in [-0.2, 0) is 0 Å². The molecule has 192 valence electrons. The third-order valence-corrected chi connectivity index (χ3v) is 6.62. The van der Waals surface area contributed by atoms with Gasteiger partial charge in [0.1, 0.15) is 11.9 Å². The van der Waals surface area contributed by atoms with Gasteiger partial charge in [0, 0.05) is 61.2 Å². The van der Waals surface area contributed by atoms with Gasteiger partial charge in [-0.3, -0.25) is 4.79 Å². The summed E-state index contributed by atoms with van der Waals surface area (Å²) < 4.78 is 21.0. The Morgan fingerprint density at radius 1 is 1.11 bits per heavy atom. The van der Waals surface area contributed by atoms with Gasteiger partial charge in [-0.25, -0.2) is 14.4 Å². The number of aromatic amines is 1. The van der Waals surface area contributed by atoms with E-state index in [1.807, 2.05) is 31.2 Å². The van der Waals surface area contributed by atoms with E-state index < -0.39 is 11.7 Å². The van der Waals surface area contributed by atoms with Crippen LogP contribution in [0.15, 0.2) is 48.8 Å². The molecule has 2 aromatic heterocycles. The minimum absolute atomic E-state index is 0.0335. The van der Waals surface area contributed by atoms with Crippen LogP contribution in [0.3, 0.4) is 0 Å². The topological polar surface area (TPSA) is 98.4 Å². The molecular weight excluding hydrogens is 473 g/mol. The molecule has 3 heterocycles. The van der Waals surface area contributed by atoms with Crippen molar-refractivity contribution >= 4 is 34.0 Å². The number of amides is 1. The fraction of sp³-hybridized carbons (Fsp3) is 0.296. The van der Waals surface area contributed by atoms with E-state index in [9.17, 15) is 4.79 Å². The number of aryl methyl sites for hydroxylation is 1. The molecule has 3 N–H and O–H groups in total. The lowest BCUT2D eigenvalue weighted by Crippen LogP contribution is -2.46. The number of nitrogens with one attached hydrogen (secondary N) is 3. The summed E-state index contributed by atoms with van der Waals surface area (Å²) in [5.74, 6) is -0.815. The molecule has 0 atom stereocenters. The summed E-state index contributed by atoms with van der Waals surface area (Å²) in [6.07, 6.45) is 1.28. The minimum atomic E-state index is -0.534. The van der Waals surface area contributed by atoms with Gasteiger partial charge < -0.3 is 30.2 Å². The lowest BCUT2D eigenvalue weighted by molar-refractivity contribution is 0.0960. The zero-order valence-corrected chi connectivity index (χ0v) is 21.1. The number of piperazine rings is 1. The van der Waals surface area contributed by atoms with Crippen LogP contribution in [0.1, 0.15) is 23.0 Å². The smallest absolute Gasteiger partial charge is 0.260 e. The van der Waals surface area contributed by atoms with Crippen LogP contribution < -0.4 is 20.3 Å². The van der Waals surface area contributed by atoms with E-state index in [1.54, 1.807) is 12.1 Å². The van der Waals surface area contributed by atoms with Gasteiger partial charge in [-0.05, 0) is 55.9 Å². The summed E-state index contributed by atoms with van der Waals surface area (Å²) in [6.45, 7) is 9.18. The molecule has 37 heavy (non-hydrogen) atoms. The molecule has 1 fully saturated rings. The highest BCUT2D eigenvalue weighted by molar-refractivity contribution is 6.01. The van der Waals surface area contributed by atoms with Crippen molar-refractivity contribution in [3.05, 3.63) is 65.9 Å². The maximum atomic E-state index is 15.2. The number of hydrogen-bond acceptors (Lipinski definition) is 7. The Hall–Kier alpha value is -4.18. The summed E-state index contributed by atoms with van der Waals surface area (Å²) in [5, 5.41) is 6.19. The standard InChI is InChI=1S/C27H30FN7O2/c1-4-34-11-13-35(14-12-34)19-7-5-18(6-8-19)33-25-23(26(36)29-3)27(31-16-30-25)37-22-10-9-21-20(24(22)28)15-17(2)32-21/h5-10,15-16,32H,4,11-14H2,1-3H3,(H,29,36)(H,30,31,33). The maximum Gasteiger partial charge on any atom is 0.260 e. The van der Waals surface area contributed by atoms with Gasteiger partial charge in [0.2, 0.25) is 5.88 Å². The number of nitrogens with zero attached hydrogens (tertiary/aromatic N) is 4. The lowest BCUT2D eigenvalue weighted by Gasteiger charge is -2.35. The van der Waals surface area contributed by atoms with Crippen LogP contribution in [0.2, 0.25) is 0 Å². The first-order valence-corrected chi connectivity index (χ1v) is 12.3. The predicted molar refractivity (Wildman–Crippen MR) is 143 cm³/mol. The van der Waals surface area contributed by atoms with Gasteiger partial charge in [0.25, 0.3) is 5.91 Å². The number of carbonyl (C=O) groups excluding carboxylic acids is 1. The molecule has 0 spiro atoms. The Morgan fingerprint density at radius 3 is 2.57 bits per heavy atom. The van der Waals surface area contributed by atoms with Crippen molar-refractivity contribution in [3.63, 3.8) is 0 Å². The number of benzene rings is 2. The predicted octanol–water partition coefficient (Wildman–Crippen LogP) is 4.44. The molecular formula is C27H30FN7O2. The highest BCUT2D eigenvalue weighted by Crippen LogP contribution is 2.33. The fourth-order valence-corrected chi connectivity index (χ4v) is 4.56. The van der Waals surface area contributed by atoms with Crippen LogP contribution >= 0.6 is 0 Å². The van der Waals surface area contributed by atoms with Crippen molar-refractivity contribution in [1.82, 2.24) is 25.2 Å². The Bertz CT molecular complexity index is 1410. The fourth-order valence-electron chi connectivity index (χ4n) is 4.56. The molecule has 10 heteroatoms. The second-order valence-corrected chi connectivity index (χ2v) is 8.97. The van der Waals surface area contributed by atoms with Crippen LogP contribution in [0.5, 0.6) is 11.6 Å². The van der Waals surface area contributed by atoms with Gasteiger partial charge >= 0.3 is 0 Å². The average molecular weight is 504 g/mol. The number of anilines is 3. The number of likely N-dealkylation sites (N-methyl/N-ethyl adjacent to an activating group) is 1. The number of H-pyrrole nitrogens is 1. The first kappa shape index (κ1) is 24.5. The Kier molecular flexibility index (Phi) is 6.91. The highest BCUT2D eigenvalue weighted by Gasteiger charge is 2.23. The average Bonchev–Trinajstić information content (AvgIpc) is 3.32. The molecule has 0 radical (unpaired) electrons. The Morgan fingerprint density at radius 2 is 1.86 bits per heavy atom. The monoisotopic (exact) mass is 503 g/mol. The molecule has 0 saturated carbocycles. The summed E-state index contributed by atoms with van der Waals surface area (Å²) in [7, 11) is 1.51. The van der Waals surface area contributed by atoms with E-state index in [1.165, 1.54) is 19.4 Å². The van der Waals surface area contributed by atoms with Crippen molar-refractivity contribution in [2.24, 2.45) is 0 Å². The molecule has 5 rings (SSSR count). The van der Waals surface area contributed by atoms with Crippen LogP contribution in [0.25, 0.3) is 10.9 Å². The number of halogens is 1. The molecule has 1 saturated heterocycles. The molecule has 0 unspecified atom stereocenters. The van der Waals surface area contributed by atoms with E-state index >= 15 is 4.39 Å². The van der Waals surface area contributed by atoms with Crippen molar-refractivity contribution < 1.29 is 13.9 Å². The number of carbonyl (C=O) groups is 1. The molecule has 9 nitrogen and oxygen atoms in total. The van der Waals surface area contributed by atoms with Crippen molar-refractivity contribution in [2.75, 3.05) is 50.0 Å². The number of rotatable bonds is 7. The highest BCUT2D eigenvalue weighted by atomic mass is 19.1. The van der Waals surface area contributed by atoms with Gasteiger partial charge in [-0.1, -0.05) is 6.92 Å². The molecule has 0 bridgehead atoms. The third kappa shape index (κ3) is 5.05. The maximum absolute atomic E-state index is 15.2.